The quantitative estimate of drug-likeness (QED) is 0.392. The zero-order valence-corrected chi connectivity index (χ0v) is 21.3. The summed E-state index contributed by atoms with van der Waals surface area (Å²) in [6.07, 6.45) is 9.63. The van der Waals surface area contributed by atoms with Crippen LogP contribution in [0.25, 0.3) is 27.8 Å². The number of ether oxygens (including phenoxy) is 1. The predicted molar refractivity (Wildman–Crippen MR) is 141 cm³/mol. The average Bonchev–Trinajstić information content (AvgIpc) is 3.52. The summed E-state index contributed by atoms with van der Waals surface area (Å²) < 4.78 is 7.47. The summed E-state index contributed by atoms with van der Waals surface area (Å²) in [5.74, 6) is 1.06. The van der Waals surface area contributed by atoms with Crippen molar-refractivity contribution >= 4 is 16.6 Å². The highest BCUT2D eigenvalue weighted by Gasteiger charge is 2.28. The van der Waals surface area contributed by atoms with Crippen LogP contribution in [0.3, 0.4) is 0 Å². The Morgan fingerprint density at radius 2 is 1.89 bits per heavy atom. The number of pyridine rings is 1. The van der Waals surface area contributed by atoms with Crippen LogP contribution in [0.2, 0.25) is 0 Å². The molecule has 1 N–H and O–H groups in total. The number of rotatable bonds is 5. The summed E-state index contributed by atoms with van der Waals surface area (Å²) in [5.41, 5.74) is 8.82. The number of aromatic nitrogens is 4. The van der Waals surface area contributed by atoms with Crippen LogP contribution in [0.1, 0.15) is 75.0 Å². The number of likely N-dealkylation sites (tertiary alicyclic amines) is 1. The minimum Gasteiger partial charge on any atom is -0.381 e. The average molecular weight is 472 g/mol. The van der Waals surface area contributed by atoms with E-state index in [9.17, 15) is 0 Å². The van der Waals surface area contributed by atoms with E-state index in [0.717, 1.165) is 31.3 Å². The highest BCUT2D eigenvalue weighted by molar-refractivity contribution is 5.92. The molecule has 2 aliphatic rings. The smallest absolute Gasteiger partial charge is 0.155 e. The Kier molecular flexibility index (Phi) is 6.11. The molecule has 2 fully saturated rings. The van der Waals surface area contributed by atoms with Crippen molar-refractivity contribution < 1.29 is 4.74 Å². The number of nitrogens with zero attached hydrogens (tertiary/aromatic N) is 4. The van der Waals surface area contributed by atoms with E-state index in [0.29, 0.717) is 11.8 Å². The molecule has 6 nitrogen and oxygen atoms in total. The van der Waals surface area contributed by atoms with Gasteiger partial charge in [-0.15, -0.1) is 0 Å². The van der Waals surface area contributed by atoms with E-state index in [2.05, 4.69) is 71.2 Å². The summed E-state index contributed by atoms with van der Waals surface area (Å²) in [5, 5.41) is 5.78. The van der Waals surface area contributed by atoms with E-state index in [4.69, 9.17) is 4.74 Å². The number of fused-ring (bicyclic) bond motifs is 2. The van der Waals surface area contributed by atoms with Gasteiger partial charge in [0.25, 0.3) is 0 Å². The number of H-pyrrole nitrogens is 1. The first-order valence-corrected chi connectivity index (χ1v) is 13.4. The molecule has 3 aromatic heterocycles. The summed E-state index contributed by atoms with van der Waals surface area (Å²) in [6.45, 7) is 11.1. The molecule has 0 bridgehead atoms. The highest BCUT2D eigenvalue weighted by Crippen LogP contribution is 2.39. The first-order chi connectivity index (χ1) is 17.1. The summed E-state index contributed by atoms with van der Waals surface area (Å²) >= 11 is 0. The van der Waals surface area contributed by atoms with Crippen LogP contribution in [-0.2, 0) is 11.2 Å². The fourth-order valence-corrected chi connectivity index (χ4v) is 6.36. The molecule has 0 saturated carbocycles. The zero-order valence-electron chi connectivity index (χ0n) is 21.3. The minimum absolute atomic E-state index is 0.417. The lowest BCUT2D eigenvalue weighted by molar-refractivity contribution is 0.0252. The number of aryl methyl sites for hydroxylation is 1. The Labute approximate surface area is 207 Å². The molecular formula is C29H37N5O. The zero-order chi connectivity index (χ0) is 23.9. The minimum atomic E-state index is 0.417. The van der Waals surface area contributed by atoms with Crippen LogP contribution < -0.4 is 0 Å². The molecule has 2 aliphatic heterocycles. The van der Waals surface area contributed by atoms with Crippen LogP contribution in [0.15, 0.2) is 36.8 Å². The molecule has 0 spiro atoms. The molecule has 0 atom stereocenters. The lowest BCUT2D eigenvalue weighted by atomic mass is 9.86. The third-order valence-corrected chi connectivity index (χ3v) is 8.30. The van der Waals surface area contributed by atoms with Gasteiger partial charge in [0, 0.05) is 41.9 Å². The van der Waals surface area contributed by atoms with Gasteiger partial charge in [-0.05, 0) is 91.9 Å². The van der Waals surface area contributed by atoms with Crippen molar-refractivity contribution in [2.75, 3.05) is 26.3 Å². The van der Waals surface area contributed by atoms with Gasteiger partial charge in [-0.25, -0.2) is 9.50 Å². The van der Waals surface area contributed by atoms with E-state index in [-0.39, 0.29) is 0 Å². The maximum Gasteiger partial charge on any atom is 0.155 e. The van der Waals surface area contributed by atoms with Crippen LogP contribution in [0.4, 0.5) is 0 Å². The standard InChI is InChI=1S/C29H37N5O/c1-4-20-16-27-30-18-31-34(27)17-25(20)29-28(19(2)3)24-15-22(5-6-26(24)32-29)21-7-11-33(12-8-21)23-9-13-35-14-10-23/h5-6,15-19,21,23,32H,4,7-14H2,1-3H3. The number of hydrogen-bond donors (Lipinski definition) is 1. The van der Waals surface area contributed by atoms with Crippen LogP contribution in [0.5, 0.6) is 0 Å². The van der Waals surface area contributed by atoms with Crippen molar-refractivity contribution in [3.8, 4) is 11.3 Å². The second kappa shape index (κ2) is 9.40. The number of benzene rings is 1. The first-order valence-electron chi connectivity index (χ1n) is 13.4. The number of aromatic amines is 1. The Balaban J connectivity index is 1.33. The second-order valence-electron chi connectivity index (χ2n) is 10.7. The topological polar surface area (TPSA) is 58.5 Å². The molecule has 0 aliphatic carbocycles. The number of nitrogens with one attached hydrogen (secondary N) is 1. The summed E-state index contributed by atoms with van der Waals surface area (Å²) in [4.78, 5) is 10.9. The van der Waals surface area contributed by atoms with Gasteiger partial charge in [0.1, 0.15) is 6.33 Å². The van der Waals surface area contributed by atoms with E-state index < -0.39 is 0 Å². The maximum atomic E-state index is 5.58. The van der Waals surface area contributed by atoms with E-state index >= 15 is 0 Å². The van der Waals surface area contributed by atoms with Crippen LogP contribution in [-0.4, -0.2) is 56.8 Å². The van der Waals surface area contributed by atoms with Gasteiger partial charge in [0.05, 0.1) is 5.69 Å². The Hall–Kier alpha value is -2.70. The largest absolute Gasteiger partial charge is 0.381 e. The molecule has 2 saturated heterocycles. The van der Waals surface area contributed by atoms with Crippen molar-refractivity contribution in [2.45, 2.75) is 70.8 Å². The number of piperidine rings is 1. The highest BCUT2D eigenvalue weighted by atomic mass is 16.5. The second-order valence-corrected chi connectivity index (χ2v) is 10.7. The third kappa shape index (κ3) is 4.17. The van der Waals surface area contributed by atoms with Crippen molar-refractivity contribution in [2.24, 2.45) is 0 Å². The van der Waals surface area contributed by atoms with E-state index in [1.807, 2.05) is 4.52 Å². The van der Waals surface area contributed by atoms with E-state index in [1.165, 1.54) is 77.6 Å². The molecule has 5 heterocycles. The van der Waals surface area contributed by atoms with E-state index in [1.54, 1.807) is 6.33 Å². The van der Waals surface area contributed by atoms with Crippen molar-refractivity contribution in [1.29, 1.82) is 0 Å². The third-order valence-electron chi connectivity index (χ3n) is 8.30. The monoisotopic (exact) mass is 471 g/mol. The molecule has 6 rings (SSSR count). The number of hydrogen-bond acceptors (Lipinski definition) is 4. The molecule has 1 aromatic carbocycles. The van der Waals surface area contributed by atoms with Gasteiger partial charge in [0.2, 0.25) is 0 Å². The molecular weight excluding hydrogens is 434 g/mol. The van der Waals surface area contributed by atoms with Crippen LogP contribution >= 0.6 is 0 Å². The maximum absolute atomic E-state index is 5.58. The van der Waals surface area contributed by atoms with Crippen molar-refractivity contribution in [1.82, 2.24) is 24.5 Å². The van der Waals surface area contributed by atoms with Gasteiger partial charge in [-0.2, -0.15) is 5.10 Å². The molecule has 0 radical (unpaired) electrons. The molecule has 35 heavy (non-hydrogen) atoms. The normalized spacial score (nSPS) is 18.9. The Bertz CT molecular complexity index is 1320. The van der Waals surface area contributed by atoms with Crippen LogP contribution in [0, 0.1) is 0 Å². The lowest BCUT2D eigenvalue weighted by Gasteiger charge is -2.39. The molecule has 4 aromatic rings. The SMILES string of the molecule is CCc1cc2ncnn2cc1-c1[nH]c2ccc(C3CCN(C4CCOCC4)CC3)cc2c1C(C)C. The van der Waals surface area contributed by atoms with Gasteiger partial charge in [0.15, 0.2) is 5.65 Å². The molecule has 0 amide bonds. The molecule has 0 unspecified atom stereocenters. The fourth-order valence-electron chi connectivity index (χ4n) is 6.36. The fraction of sp³-hybridized carbons (Fsp3) is 0.517. The summed E-state index contributed by atoms with van der Waals surface area (Å²) in [7, 11) is 0. The Morgan fingerprint density at radius 1 is 1.09 bits per heavy atom. The van der Waals surface area contributed by atoms with Crippen molar-refractivity contribution in [3.05, 3.63) is 53.5 Å². The first kappa shape index (κ1) is 22.7. The Morgan fingerprint density at radius 3 is 2.63 bits per heavy atom. The van der Waals surface area contributed by atoms with Crippen molar-refractivity contribution in [3.63, 3.8) is 0 Å². The van der Waals surface area contributed by atoms with Gasteiger partial charge in [-0.3, -0.25) is 0 Å². The lowest BCUT2D eigenvalue weighted by Crippen LogP contribution is -2.43. The van der Waals surface area contributed by atoms with Gasteiger partial charge in [-0.1, -0.05) is 26.8 Å². The molecule has 6 heteroatoms. The van der Waals surface area contributed by atoms with Gasteiger partial charge < -0.3 is 14.6 Å². The molecule has 184 valence electrons. The van der Waals surface area contributed by atoms with Gasteiger partial charge >= 0.3 is 0 Å². The predicted octanol–water partition coefficient (Wildman–Crippen LogP) is 5.92. The summed E-state index contributed by atoms with van der Waals surface area (Å²) in [6, 6.07) is 10.1.